The fraction of sp³-hybridized carbons (Fsp3) is 0.478. The minimum Gasteiger partial charge on any atom is -0.497 e. The lowest BCUT2D eigenvalue weighted by molar-refractivity contribution is 0.298. The van der Waals surface area contributed by atoms with Crippen LogP contribution in [0.3, 0.4) is 0 Å². The third-order valence-corrected chi connectivity index (χ3v) is 5.64. The van der Waals surface area contributed by atoms with Gasteiger partial charge in [0, 0.05) is 24.5 Å². The molecule has 0 amide bonds. The molecule has 0 aromatic heterocycles. The van der Waals surface area contributed by atoms with Gasteiger partial charge >= 0.3 is 0 Å². The van der Waals surface area contributed by atoms with Gasteiger partial charge in [0.05, 0.1) is 7.11 Å². The number of hydrogen-bond donors (Lipinski definition) is 2. The van der Waals surface area contributed by atoms with Gasteiger partial charge in [-0.25, -0.2) is 0 Å². The molecule has 1 aliphatic carbocycles. The molecule has 1 aliphatic rings. The maximum atomic E-state index is 6.35. The normalized spacial score (nSPS) is 23.2. The molecule has 26 heavy (non-hydrogen) atoms. The van der Waals surface area contributed by atoms with Crippen molar-refractivity contribution in [3.8, 4) is 5.75 Å². The van der Waals surface area contributed by atoms with Crippen LogP contribution in [0.25, 0.3) is 0 Å². The Hall–Kier alpha value is -1.84. The smallest absolute Gasteiger partial charge is 0.118 e. The molecule has 3 rings (SSSR count). The van der Waals surface area contributed by atoms with Crippen LogP contribution in [-0.2, 0) is 6.54 Å². The molecule has 0 heterocycles. The van der Waals surface area contributed by atoms with E-state index in [0.717, 1.165) is 31.6 Å². The number of rotatable bonds is 6. The predicted octanol–water partition coefficient (Wildman–Crippen LogP) is 4.57. The Labute approximate surface area is 158 Å². The molecule has 3 unspecified atom stereocenters. The highest BCUT2D eigenvalue weighted by Crippen LogP contribution is 2.36. The summed E-state index contributed by atoms with van der Waals surface area (Å²) in [7, 11) is 1.70. The highest BCUT2D eigenvalue weighted by molar-refractivity contribution is 5.35. The molecule has 1 saturated carbocycles. The molecule has 1 fully saturated rings. The van der Waals surface area contributed by atoms with Crippen LogP contribution in [0.4, 0.5) is 0 Å². The van der Waals surface area contributed by atoms with E-state index >= 15 is 0 Å². The summed E-state index contributed by atoms with van der Waals surface area (Å²) in [5.74, 6) is 1.92. The van der Waals surface area contributed by atoms with E-state index in [4.69, 9.17) is 10.5 Å². The molecule has 3 N–H and O–H groups in total. The van der Waals surface area contributed by atoms with Crippen molar-refractivity contribution in [2.75, 3.05) is 7.11 Å². The van der Waals surface area contributed by atoms with E-state index in [-0.39, 0.29) is 0 Å². The maximum Gasteiger partial charge on any atom is 0.118 e. The van der Waals surface area contributed by atoms with E-state index < -0.39 is 0 Å². The molecule has 140 valence electrons. The van der Waals surface area contributed by atoms with E-state index in [0.29, 0.717) is 23.9 Å². The van der Waals surface area contributed by atoms with Gasteiger partial charge in [-0.15, -0.1) is 0 Å². The monoisotopic (exact) mass is 352 g/mol. The first-order chi connectivity index (χ1) is 12.6. The van der Waals surface area contributed by atoms with E-state index in [2.05, 4.69) is 55.6 Å². The van der Waals surface area contributed by atoms with Crippen LogP contribution < -0.4 is 15.8 Å². The fourth-order valence-electron chi connectivity index (χ4n) is 4.16. The zero-order chi connectivity index (χ0) is 18.5. The minimum absolute atomic E-state index is 0.305. The molecular weight excluding hydrogens is 320 g/mol. The summed E-state index contributed by atoms with van der Waals surface area (Å²) in [5, 5.41) is 3.81. The summed E-state index contributed by atoms with van der Waals surface area (Å²) in [6, 6.07) is 18.0. The minimum atomic E-state index is 0.305. The summed E-state index contributed by atoms with van der Waals surface area (Å²) in [4.78, 5) is 0. The number of hydrogen-bond acceptors (Lipinski definition) is 3. The van der Waals surface area contributed by atoms with Crippen molar-refractivity contribution in [3.05, 3.63) is 65.2 Å². The number of nitrogens with one attached hydrogen (secondary N) is 1. The predicted molar refractivity (Wildman–Crippen MR) is 109 cm³/mol. The topological polar surface area (TPSA) is 47.3 Å². The molecule has 0 bridgehead atoms. The van der Waals surface area contributed by atoms with Crippen LogP contribution in [0.15, 0.2) is 48.5 Å². The molecule has 0 aliphatic heterocycles. The maximum absolute atomic E-state index is 6.35. The third kappa shape index (κ3) is 4.46. The van der Waals surface area contributed by atoms with E-state index in [9.17, 15) is 0 Å². The van der Waals surface area contributed by atoms with E-state index in [1.807, 2.05) is 12.1 Å². The van der Waals surface area contributed by atoms with Crippen LogP contribution in [0.5, 0.6) is 5.75 Å². The lowest BCUT2D eigenvalue weighted by Crippen LogP contribution is -2.43. The SMILES string of the molecule is COc1ccc(CNC2CCC(N)CC2c2ccccc2C(C)C)cc1. The first-order valence-electron chi connectivity index (χ1n) is 9.79. The Morgan fingerprint density at radius 3 is 2.50 bits per heavy atom. The average molecular weight is 353 g/mol. The molecule has 0 radical (unpaired) electrons. The van der Waals surface area contributed by atoms with Gasteiger partial charge in [-0.3, -0.25) is 0 Å². The molecule has 3 nitrogen and oxygen atoms in total. The van der Waals surface area contributed by atoms with Gasteiger partial charge in [-0.05, 0) is 54.0 Å². The van der Waals surface area contributed by atoms with E-state index in [1.54, 1.807) is 7.11 Å². The van der Waals surface area contributed by atoms with Crippen molar-refractivity contribution in [1.29, 1.82) is 0 Å². The van der Waals surface area contributed by atoms with Gasteiger partial charge in [0.15, 0.2) is 0 Å². The largest absolute Gasteiger partial charge is 0.497 e. The Balaban J connectivity index is 1.76. The van der Waals surface area contributed by atoms with Crippen LogP contribution in [0.1, 0.15) is 61.6 Å². The lowest BCUT2D eigenvalue weighted by atomic mass is 9.75. The van der Waals surface area contributed by atoms with Crippen molar-refractivity contribution in [3.63, 3.8) is 0 Å². The summed E-state index contributed by atoms with van der Waals surface area (Å²) in [6.45, 7) is 5.44. The summed E-state index contributed by atoms with van der Waals surface area (Å²) >= 11 is 0. The molecule has 0 spiro atoms. The van der Waals surface area contributed by atoms with Crippen LogP contribution in [0, 0.1) is 0 Å². The fourth-order valence-corrected chi connectivity index (χ4v) is 4.16. The van der Waals surface area contributed by atoms with Gasteiger partial charge in [0.1, 0.15) is 5.75 Å². The number of nitrogens with two attached hydrogens (primary N) is 1. The second-order valence-corrected chi connectivity index (χ2v) is 7.80. The summed E-state index contributed by atoms with van der Waals surface area (Å²) < 4.78 is 5.25. The first kappa shape index (κ1) is 18.9. The van der Waals surface area contributed by atoms with Gasteiger partial charge in [-0.2, -0.15) is 0 Å². The Morgan fingerprint density at radius 1 is 1.08 bits per heavy atom. The molecule has 3 heteroatoms. The first-order valence-corrected chi connectivity index (χ1v) is 9.79. The molecule has 2 aromatic rings. The summed E-state index contributed by atoms with van der Waals surface area (Å²) in [5.41, 5.74) is 10.6. The Morgan fingerprint density at radius 2 is 1.81 bits per heavy atom. The van der Waals surface area contributed by atoms with Crippen molar-refractivity contribution in [2.24, 2.45) is 5.73 Å². The standard InChI is InChI=1S/C23H32N2O/c1-16(2)20-6-4-5-7-21(20)22-14-18(24)10-13-23(22)25-15-17-8-11-19(26-3)12-9-17/h4-9,11-12,16,18,22-23,25H,10,13-15,24H2,1-3H3. The zero-order valence-corrected chi connectivity index (χ0v) is 16.2. The molecule has 0 saturated heterocycles. The number of ether oxygens (including phenoxy) is 1. The number of benzene rings is 2. The number of methoxy groups -OCH3 is 1. The van der Waals surface area contributed by atoms with Crippen LogP contribution in [-0.4, -0.2) is 19.2 Å². The highest BCUT2D eigenvalue weighted by atomic mass is 16.5. The van der Waals surface area contributed by atoms with Crippen molar-refractivity contribution in [2.45, 2.75) is 63.6 Å². The quantitative estimate of drug-likeness (QED) is 0.800. The summed E-state index contributed by atoms with van der Waals surface area (Å²) in [6.07, 6.45) is 3.29. The second-order valence-electron chi connectivity index (χ2n) is 7.80. The lowest BCUT2D eigenvalue weighted by Gasteiger charge is -2.37. The Bertz CT molecular complexity index is 696. The van der Waals surface area contributed by atoms with Crippen LogP contribution in [0.2, 0.25) is 0 Å². The zero-order valence-electron chi connectivity index (χ0n) is 16.2. The third-order valence-electron chi connectivity index (χ3n) is 5.64. The molecule has 3 atom stereocenters. The van der Waals surface area contributed by atoms with Gasteiger partial charge in [-0.1, -0.05) is 50.2 Å². The van der Waals surface area contributed by atoms with Crippen LogP contribution >= 0.6 is 0 Å². The molecule has 2 aromatic carbocycles. The molecular formula is C23H32N2O. The van der Waals surface area contributed by atoms with Crippen molar-refractivity contribution >= 4 is 0 Å². The average Bonchev–Trinajstić information content (AvgIpc) is 2.67. The van der Waals surface area contributed by atoms with Gasteiger partial charge in [0.2, 0.25) is 0 Å². The van der Waals surface area contributed by atoms with Crippen molar-refractivity contribution in [1.82, 2.24) is 5.32 Å². The van der Waals surface area contributed by atoms with Gasteiger partial charge in [0.25, 0.3) is 0 Å². The second kappa shape index (κ2) is 8.70. The Kier molecular flexibility index (Phi) is 6.33. The highest BCUT2D eigenvalue weighted by Gasteiger charge is 2.31. The van der Waals surface area contributed by atoms with Crippen molar-refractivity contribution < 1.29 is 4.74 Å². The van der Waals surface area contributed by atoms with Gasteiger partial charge < -0.3 is 15.8 Å². The van der Waals surface area contributed by atoms with E-state index in [1.165, 1.54) is 16.7 Å².